The van der Waals surface area contributed by atoms with Crippen molar-refractivity contribution < 1.29 is 32.2 Å². The molecule has 1 aliphatic heterocycles. The van der Waals surface area contributed by atoms with Gasteiger partial charge in [0, 0.05) is 50.6 Å². The predicted octanol–water partition coefficient (Wildman–Crippen LogP) is 5.83. The molecule has 3 aromatic rings. The molecule has 0 radical (unpaired) electrons. The Bertz CT molecular complexity index is 1430. The first-order valence-corrected chi connectivity index (χ1v) is 14.0. The quantitative estimate of drug-likeness (QED) is 0.307. The SMILES string of the molecule is COc1cc(N2CCN(C(=O)OC(C)(C)C)CC2)ccc1Nc1ncc(C(F)(F)F)c(CCc2ccccc2CC=O)n1. The molecule has 43 heavy (non-hydrogen) atoms. The minimum atomic E-state index is -4.62. The van der Waals surface area contributed by atoms with E-state index in [1.54, 1.807) is 35.2 Å². The number of benzene rings is 2. The van der Waals surface area contributed by atoms with Crippen molar-refractivity contribution in [2.75, 3.05) is 43.5 Å². The molecule has 0 spiro atoms. The molecule has 0 bridgehead atoms. The molecular weight excluding hydrogens is 563 g/mol. The van der Waals surface area contributed by atoms with Gasteiger partial charge in [-0.15, -0.1) is 0 Å². The van der Waals surface area contributed by atoms with Gasteiger partial charge in [0.25, 0.3) is 0 Å². The van der Waals surface area contributed by atoms with Crippen LogP contribution in [0.3, 0.4) is 0 Å². The summed E-state index contributed by atoms with van der Waals surface area (Å²) in [5.74, 6) is 0.459. The number of methoxy groups -OCH3 is 1. The molecule has 1 amide bonds. The maximum Gasteiger partial charge on any atom is 0.419 e. The highest BCUT2D eigenvalue weighted by molar-refractivity contribution is 5.70. The number of rotatable bonds is 9. The standard InChI is InChI=1S/C31H36F3N5O4/c1-30(2,3)43-29(41)39-16-14-38(15-17-39)23-10-12-26(27(19-23)42-4)37-28-35-20-24(31(32,33)34)25(36-28)11-9-21-7-5-6-8-22(21)13-18-40/h5-8,10,12,18-20H,9,11,13-17H2,1-4H3,(H,35,36,37). The topological polar surface area (TPSA) is 96.9 Å². The molecule has 1 fully saturated rings. The van der Waals surface area contributed by atoms with Gasteiger partial charge in [0.05, 0.1) is 24.1 Å². The maximum atomic E-state index is 13.8. The monoisotopic (exact) mass is 599 g/mol. The average molecular weight is 600 g/mol. The number of hydrogen-bond acceptors (Lipinski definition) is 8. The van der Waals surface area contributed by atoms with E-state index in [0.29, 0.717) is 37.6 Å². The van der Waals surface area contributed by atoms with Gasteiger partial charge in [-0.2, -0.15) is 13.2 Å². The number of aryl methyl sites for hydroxylation is 2. The molecule has 1 aromatic heterocycles. The van der Waals surface area contributed by atoms with Crippen molar-refractivity contribution in [2.45, 2.75) is 51.8 Å². The lowest BCUT2D eigenvalue weighted by molar-refractivity contribution is -0.138. The summed E-state index contributed by atoms with van der Waals surface area (Å²) in [6.07, 6.45) is -2.93. The van der Waals surface area contributed by atoms with E-state index in [1.807, 2.05) is 32.9 Å². The molecular formula is C31H36F3N5O4. The van der Waals surface area contributed by atoms with Crippen molar-refractivity contribution in [1.29, 1.82) is 0 Å². The van der Waals surface area contributed by atoms with Crippen molar-refractivity contribution in [3.63, 3.8) is 0 Å². The zero-order valence-electron chi connectivity index (χ0n) is 24.7. The van der Waals surface area contributed by atoms with E-state index < -0.39 is 17.3 Å². The molecule has 1 aliphatic rings. The number of carbonyl (C=O) groups excluding carboxylic acids is 2. The predicted molar refractivity (Wildman–Crippen MR) is 157 cm³/mol. The molecule has 4 rings (SSSR count). The molecule has 0 aliphatic carbocycles. The van der Waals surface area contributed by atoms with E-state index in [1.165, 1.54) is 7.11 Å². The van der Waals surface area contributed by atoms with E-state index in [-0.39, 0.29) is 37.0 Å². The van der Waals surface area contributed by atoms with Gasteiger partial charge < -0.3 is 29.4 Å². The van der Waals surface area contributed by atoms with Gasteiger partial charge in [0.2, 0.25) is 5.95 Å². The normalized spacial score (nSPS) is 13.9. The second-order valence-electron chi connectivity index (χ2n) is 11.2. The van der Waals surface area contributed by atoms with Crippen molar-refractivity contribution in [1.82, 2.24) is 14.9 Å². The van der Waals surface area contributed by atoms with Crippen LogP contribution in [0.15, 0.2) is 48.7 Å². The van der Waals surface area contributed by atoms with E-state index in [2.05, 4.69) is 20.2 Å². The number of nitrogens with one attached hydrogen (secondary N) is 1. The summed E-state index contributed by atoms with van der Waals surface area (Å²) < 4.78 is 52.5. The van der Waals surface area contributed by atoms with Gasteiger partial charge in [-0.3, -0.25) is 0 Å². The first-order chi connectivity index (χ1) is 20.4. The van der Waals surface area contributed by atoms with E-state index in [4.69, 9.17) is 9.47 Å². The van der Waals surface area contributed by atoms with Gasteiger partial charge >= 0.3 is 12.3 Å². The number of aldehydes is 1. The Hall–Kier alpha value is -4.35. The van der Waals surface area contributed by atoms with Crippen LogP contribution in [0.5, 0.6) is 5.75 Å². The van der Waals surface area contributed by atoms with Gasteiger partial charge in [-0.05, 0) is 56.9 Å². The Kier molecular flexibility index (Phi) is 9.77. The van der Waals surface area contributed by atoms with Crippen LogP contribution in [0.4, 0.5) is 35.3 Å². The van der Waals surface area contributed by atoms with Crippen LogP contribution < -0.4 is 15.0 Å². The summed E-state index contributed by atoms with van der Waals surface area (Å²) in [7, 11) is 1.50. The third-order valence-corrected chi connectivity index (χ3v) is 6.95. The van der Waals surface area contributed by atoms with Crippen molar-refractivity contribution in [3.05, 3.63) is 71.0 Å². The second kappa shape index (κ2) is 13.3. The number of hydrogen-bond donors (Lipinski definition) is 1. The molecule has 0 unspecified atom stereocenters. The van der Waals surface area contributed by atoms with E-state index in [9.17, 15) is 22.8 Å². The lowest BCUT2D eigenvalue weighted by Gasteiger charge is -2.37. The number of aromatic nitrogens is 2. The second-order valence-corrected chi connectivity index (χ2v) is 11.2. The fraction of sp³-hybridized carbons (Fsp3) is 0.419. The Balaban J connectivity index is 1.49. The van der Waals surface area contributed by atoms with Crippen LogP contribution in [0.25, 0.3) is 0 Å². The Labute approximate surface area is 249 Å². The van der Waals surface area contributed by atoms with Gasteiger partial charge in [-0.25, -0.2) is 14.8 Å². The number of nitrogens with zero attached hydrogens (tertiary/aromatic N) is 4. The molecule has 12 heteroatoms. The van der Waals surface area contributed by atoms with Crippen LogP contribution in [0.1, 0.15) is 43.2 Å². The van der Waals surface area contributed by atoms with Crippen LogP contribution in [-0.2, 0) is 35.0 Å². The number of amides is 1. The van der Waals surface area contributed by atoms with Crippen molar-refractivity contribution >= 4 is 29.7 Å². The Morgan fingerprint density at radius 2 is 1.72 bits per heavy atom. The smallest absolute Gasteiger partial charge is 0.419 e. The van der Waals surface area contributed by atoms with Crippen LogP contribution in [0.2, 0.25) is 0 Å². The molecule has 230 valence electrons. The third-order valence-electron chi connectivity index (χ3n) is 6.95. The van der Waals surface area contributed by atoms with Gasteiger partial charge in [-0.1, -0.05) is 24.3 Å². The summed E-state index contributed by atoms with van der Waals surface area (Å²) in [5, 5.41) is 3.00. The highest BCUT2D eigenvalue weighted by Crippen LogP contribution is 2.35. The Morgan fingerprint density at radius 3 is 2.35 bits per heavy atom. The lowest BCUT2D eigenvalue weighted by atomic mass is 9.99. The summed E-state index contributed by atoms with van der Waals surface area (Å²) in [4.78, 5) is 35.4. The first-order valence-electron chi connectivity index (χ1n) is 14.0. The minimum absolute atomic E-state index is 0.00111. The summed E-state index contributed by atoms with van der Waals surface area (Å²) >= 11 is 0. The van der Waals surface area contributed by atoms with Gasteiger partial charge in [0.15, 0.2) is 0 Å². The Morgan fingerprint density at radius 1 is 1.02 bits per heavy atom. The summed E-state index contributed by atoms with van der Waals surface area (Å²) in [5.41, 5.74) is 1.30. The molecule has 1 saturated heterocycles. The van der Waals surface area contributed by atoms with Crippen LogP contribution >= 0.6 is 0 Å². The van der Waals surface area contributed by atoms with Gasteiger partial charge in [0.1, 0.15) is 17.6 Å². The zero-order valence-corrected chi connectivity index (χ0v) is 24.7. The maximum absolute atomic E-state index is 13.8. The molecule has 0 saturated carbocycles. The number of halogens is 3. The minimum Gasteiger partial charge on any atom is -0.494 e. The fourth-order valence-electron chi connectivity index (χ4n) is 4.82. The zero-order chi connectivity index (χ0) is 31.2. The lowest BCUT2D eigenvalue weighted by Crippen LogP contribution is -2.50. The van der Waals surface area contributed by atoms with E-state index >= 15 is 0 Å². The van der Waals surface area contributed by atoms with Crippen LogP contribution in [0, 0.1) is 0 Å². The van der Waals surface area contributed by atoms with Crippen molar-refractivity contribution in [2.24, 2.45) is 0 Å². The average Bonchev–Trinajstić information content (AvgIpc) is 2.96. The molecule has 9 nitrogen and oxygen atoms in total. The molecule has 2 heterocycles. The highest BCUT2D eigenvalue weighted by Gasteiger charge is 2.35. The number of carbonyl (C=O) groups is 2. The third kappa shape index (κ3) is 8.36. The number of piperazine rings is 1. The molecule has 1 N–H and O–H groups in total. The highest BCUT2D eigenvalue weighted by atomic mass is 19.4. The first kappa shape index (κ1) is 31.6. The number of anilines is 3. The molecule has 2 aromatic carbocycles. The number of ether oxygens (including phenoxy) is 2. The summed E-state index contributed by atoms with van der Waals surface area (Å²) in [6, 6.07) is 12.6. The largest absolute Gasteiger partial charge is 0.494 e. The number of alkyl halides is 3. The van der Waals surface area contributed by atoms with E-state index in [0.717, 1.165) is 29.3 Å². The van der Waals surface area contributed by atoms with Crippen LogP contribution in [-0.4, -0.2) is 66.1 Å². The fourth-order valence-corrected chi connectivity index (χ4v) is 4.82. The van der Waals surface area contributed by atoms with Crippen molar-refractivity contribution in [3.8, 4) is 5.75 Å². The molecule has 0 atom stereocenters. The summed E-state index contributed by atoms with van der Waals surface area (Å²) in [6.45, 7) is 7.68.